The summed E-state index contributed by atoms with van der Waals surface area (Å²) in [7, 11) is 4.19. The molecular weight excluding hydrogens is 386 g/mol. The summed E-state index contributed by atoms with van der Waals surface area (Å²) in [4.78, 5) is 6.35. The minimum atomic E-state index is -0.114. The molecule has 2 aromatic carbocycles. The van der Waals surface area contributed by atoms with Crippen molar-refractivity contribution in [3.63, 3.8) is 0 Å². The standard InChI is InChI=1S/C25H31N5O/c1-30(2)23(15-18-7-11-22(31)12-8-18)25(13-14-25)29-24(27-17-26)28-21-10-9-19-5-3-4-6-20(19)16-21/h3-8,11-12,21,23,31H,9-10,13-16H2,1-2H3,(H2,27,28,29). The highest BCUT2D eigenvalue weighted by Crippen LogP contribution is 2.42. The molecule has 162 valence electrons. The molecule has 0 radical (unpaired) electrons. The van der Waals surface area contributed by atoms with Crippen LogP contribution in [0.15, 0.2) is 53.5 Å². The van der Waals surface area contributed by atoms with Gasteiger partial charge >= 0.3 is 0 Å². The SMILES string of the molecule is CN(C)C(Cc1ccc(O)cc1)C1(NC(=NC#N)NC2CCc3ccccc3C2)CC1. The Hall–Kier alpha value is -3.04. The smallest absolute Gasteiger partial charge is 0.209 e. The van der Waals surface area contributed by atoms with Crippen molar-refractivity contribution in [2.24, 2.45) is 4.99 Å². The highest BCUT2D eigenvalue weighted by Gasteiger charge is 2.51. The Balaban J connectivity index is 1.46. The summed E-state index contributed by atoms with van der Waals surface area (Å²) in [5.41, 5.74) is 3.87. The molecule has 3 N–H and O–H groups in total. The Morgan fingerprint density at radius 2 is 1.90 bits per heavy atom. The molecule has 2 unspecified atom stereocenters. The van der Waals surface area contributed by atoms with Crippen LogP contribution in [0.3, 0.4) is 0 Å². The van der Waals surface area contributed by atoms with E-state index >= 15 is 0 Å². The summed E-state index contributed by atoms with van der Waals surface area (Å²) < 4.78 is 0. The summed E-state index contributed by atoms with van der Waals surface area (Å²) in [5.74, 6) is 0.869. The minimum Gasteiger partial charge on any atom is -0.508 e. The highest BCUT2D eigenvalue weighted by atomic mass is 16.3. The lowest BCUT2D eigenvalue weighted by Gasteiger charge is -2.35. The van der Waals surface area contributed by atoms with Crippen molar-refractivity contribution in [2.45, 2.75) is 56.1 Å². The summed E-state index contributed by atoms with van der Waals surface area (Å²) >= 11 is 0. The molecule has 0 saturated heterocycles. The number of hydrogen-bond donors (Lipinski definition) is 3. The Bertz CT molecular complexity index is 972. The number of nitriles is 1. The molecule has 0 amide bonds. The maximum absolute atomic E-state index is 9.59. The molecule has 0 heterocycles. The molecule has 6 heteroatoms. The molecule has 1 saturated carbocycles. The van der Waals surface area contributed by atoms with Gasteiger partial charge in [-0.05, 0) is 81.4 Å². The molecule has 4 rings (SSSR count). The first-order valence-electron chi connectivity index (χ1n) is 11.0. The number of aliphatic imine (C=N–C) groups is 1. The summed E-state index contributed by atoms with van der Waals surface area (Å²) in [5, 5.41) is 26.0. The second-order valence-electron chi connectivity index (χ2n) is 9.04. The normalized spacial score (nSPS) is 20.5. The van der Waals surface area contributed by atoms with Gasteiger partial charge in [-0.2, -0.15) is 5.26 Å². The topological polar surface area (TPSA) is 83.7 Å². The van der Waals surface area contributed by atoms with Crippen molar-refractivity contribution in [1.82, 2.24) is 15.5 Å². The van der Waals surface area contributed by atoms with E-state index in [4.69, 9.17) is 0 Å². The van der Waals surface area contributed by atoms with Gasteiger partial charge in [-0.3, -0.25) is 0 Å². The molecule has 31 heavy (non-hydrogen) atoms. The number of fused-ring (bicyclic) bond motifs is 1. The first-order valence-corrected chi connectivity index (χ1v) is 11.0. The monoisotopic (exact) mass is 417 g/mol. The number of hydrogen-bond acceptors (Lipinski definition) is 4. The molecule has 1 fully saturated rings. The molecular formula is C25H31N5O. The lowest BCUT2D eigenvalue weighted by Crippen LogP contribution is -2.57. The maximum atomic E-state index is 9.59. The van der Waals surface area contributed by atoms with E-state index in [-0.39, 0.29) is 23.4 Å². The van der Waals surface area contributed by atoms with Gasteiger partial charge in [-0.25, -0.2) is 0 Å². The van der Waals surface area contributed by atoms with Crippen LogP contribution in [0.1, 0.15) is 36.0 Å². The largest absolute Gasteiger partial charge is 0.508 e. The van der Waals surface area contributed by atoms with E-state index in [0.29, 0.717) is 5.96 Å². The van der Waals surface area contributed by atoms with Crippen molar-refractivity contribution >= 4 is 5.96 Å². The fraction of sp³-hybridized carbons (Fsp3) is 0.440. The van der Waals surface area contributed by atoms with Gasteiger partial charge in [-0.15, -0.1) is 4.99 Å². The zero-order chi connectivity index (χ0) is 21.8. The predicted octanol–water partition coefficient (Wildman–Crippen LogP) is 2.97. The fourth-order valence-electron chi connectivity index (χ4n) is 4.80. The summed E-state index contributed by atoms with van der Waals surface area (Å²) in [6.07, 6.45) is 7.92. The fourth-order valence-corrected chi connectivity index (χ4v) is 4.80. The summed E-state index contributed by atoms with van der Waals surface area (Å²) in [6, 6.07) is 16.5. The maximum Gasteiger partial charge on any atom is 0.209 e. The Morgan fingerprint density at radius 1 is 1.19 bits per heavy atom. The number of phenols is 1. The van der Waals surface area contributed by atoms with Crippen LogP contribution >= 0.6 is 0 Å². The third-order valence-corrected chi connectivity index (χ3v) is 6.63. The van der Waals surface area contributed by atoms with Crippen LogP contribution in [0.25, 0.3) is 0 Å². The molecule has 2 aromatic rings. The number of nitrogens with zero attached hydrogens (tertiary/aromatic N) is 3. The first-order chi connectivity index (χ1) is 15.0. The van der Waals surface area contributed by atoms with E-state index < -0.39 is 0 Å². The number of aromatic hydroxyl groups is 1. The van der Waals surface area contributed by atoms with Gasteiger partial charge in [0.1, 0.15) is 5.75 Å². The second-order valence-corrected chi connectivity index (χ2v) is 9.04. The van der Waals surface area contributed by atoms with Gasteiger partial charge in [-0.1, -0.05) is 36.4 Å². The lowest BCUT2D eigenvalue weighted by atomic mass is 9.88. The molecule has 6 nitrogen and oxygen atoms in total. The van der Waals surface area contributed by atoms with E-state index in [9.17, 15) is 10.4 Å². The Labute approximate surface area is 184 Å². The number of likely N-dealkylation sites (N-methyl/N-ethyl adjacent to an activating group) is 1. The van der Waals surface area contributed by atoms with Crippen LogP contribution in [0.5, 0.6) is 5.75 Å². The number of rotatable bonds is 6. The molecule has 0 aromatic heterocycles. The van der Waals surface area contributed by atoms with Crippen molar-refractivity contribution in [2.75, 3.05) is 14.1 Å². The third-order valence-electron chi connectivity index (χ3n) is 6.63. The highest BCUT2D eigenvalue weighted by molar-refractivity contribution is 5.82. The van der Waals surface area contributed by atoms with Crippen LogP contribution in [0.4, 0.5) is 0 Å². The van der Waals surface area contributed by atoms with E-state index in [2.05, 4.69) is 58.9 Å². The van der Waals surface area contributed by atoms with Gasteiger partial charge < -0.3 is 20.6 Å². The summed E-state index contributed by atoms with van der Waals surface area (Å²) in [6.45, 7) is 0. The quantitative estimate of drug-likeness (QED) is 0.382. The lowest BCUT2D eigenvalue weighted by molar-refractivity contribution is 0.226. The third kappa shape index (κ3) is 5.00. The van der Waals surface area contributed by atoms with Crippen molar-refractivity contribution in [3.8, 4) is 11.9 Å². The van der Waals surface area contributed by atoms with Crippen molar-refractivity contribution < 1.29 is 5.11 Å². The molecule has 0 aliphatic heterocycles. The number of guanidine groups is 1. The minimum absolute atomic E-state index is 0.114. The van der Waals surface area contributed by atoms with Gasteiger partial charge in [0.05, 0.1) is 5.54 Å². The van der Waals surface area contributed by atoms with Crippen LogP contribution < -0.4 is 10.6 Å². The zero-order valence-corrected chi connectivity index (χ0v) is 18.3. The Kier molecular flexibility index (Phi) is 6.15. The van der Waals surface area contributed by atoms with Gasteiger partial charge in [0, 0.05) is 12.1 Å². The van der Waals surface area contributed by atoms with Crippen LogP contribution in [-0.4, -0.2) is 47.7 Å². The first kappa shape index (κ1) is 21.2. The van der Waals surface area contributed by atoms with Gasteiger partial charge in [0.15, 0.2) is 0 Å². The number of benzene rings is 2. The molecule has 2 aliphatic carbocycles. The van der Waals surface area contributed by atoms with Crippen LogP contribution in [0.2, 0.25) is 0 Å². The number of aryl methyl sites for hydroxylation is 1. The van der Waals surface area contributed by atoms with E-state index in [0.717, 1.165) is 38.5 Å². The van der Waals surface area contributed by atoms with Gasteiger partial charge in [0.2, 0.25) is 12.2 Å². The van der Waals surface area contributed by atoms with E-state index in [1.165, 1.54) is 16.7 Å². The average molecular weight is 418 g/mol. The molecule has 0 spiro atoms. The predicted molar refractivity (Wildman–Crippen MR) is 123 cm³/mol. The molecule has 2 atom stereocenters. The molecule has 0 bridgehead atoms. The molecule has 2 aliphatic rings. The van der Waals surface area contributed by atoms with Crippen molar-refractivity contribution in [1.29, 1.82) is 5.26 Å². The number of phenolic OH excluding ortho intramolecular Hbond substituents is 1. The van der Waals surface area contributed by atoms with E-state index in [1.807, 2.05) is 18.3 Å². The second kappa shape index (κ2) is 8.99. The number of nitrogens with one attached hydrogen (secondary N) is 2. The van der Waals surface area contributed by atoms with Crippen molar-refractivity contribution in [3.05, 3.63) is 65.2 Å². The van der Waals surface area contributed by atoms with Gasteiger partial charge in [0.25, 0.3) is 0 Å². The van der Waals surface area contributed by atoms with Crippen LogP contribution in [0, 0.1) is 11.5 Å². The van der Waals surface area contributed by atoms with E-state index in [1.54, 1.807) is 12.1 Å². The average Bonchev–Trinajstić information content (AvgIpc) is 3.53. The Morgan fingerprint density at radius 3 is 2.55 bits per heavy atom. The van der Waals surface area contributed by atoms with Crippen LogP contribution in [-0.2, 0) is 19.3 Å². The zero-order valence-electron chi connectivity index (χ0n) is 18.3.